The summed E-state index contributed by atoms with van der Waals surface area (Å²) in [4.78, 5) is 0. The van der Waals surface area contributed by atoms with Gasteiger partial charge in [-0.3, -0.25) is 0 Å². The highest BCUT2D eigenvalue weighted by Gasteiger charge is 2.14. The molecule has 110 valence electrons. The maximum atomic E-state index is 5.94. The van der Waals surface area contributed by atoms with Crippen LogP contribution in [0.2, 0.25) is 0 Å². The topological polar surface area (TPSA) is 34.4 Å². The number of ether oxygens (including phenoxy) is 1. The number of hydrogen-bond acceptors (Lipinski definition) is 3. The third kappa shape index (κ3) is 3.54. The quantitative estimate of drug-likeness (QED) is 0.877. The molecule has 3 heteroatoms. The van der Waals surface area contributed by atoms with Gasteiger partial charge in [0.25, 0.3) is 0 Å². The lowest BCUT2D eigenvalue weighted by atomic mass is 10.1. The van der Waals surface area contributed by atoms with E-state index in [0.717, 1.165) is 42.1 Å². The molecule has 0 unspecified atom stereocenters. The maximum absolute atomic E-state index is 5.94. The van der Waals surface area contributed by atoms with Gasteiger partial charge in [-0.05, 0) is 57.9 Å². The number of hydrogen-bond donors (Lipinski definition) is 1. The van der Waals surface area contributed by atoms with Crippen LogP contribution in [0.5, 0.6) is 5.75 Å². The number of aryl methyl sites for hydroxylation is 1. The van der Waals surface area contributed by atoms with E-state index in [4.69, 9.17) is 9.15 Å². The molecule has 20 heavy (non-hydrogen) atoms. The van der Waals surface area contributed by atoms with Gasteiger partial charge >= 0.3 is 0 Å². The second kappa shape index (κ2) is 5.88. The van der Waals surface area contributed by atoms with Crippen molar-refractivity contribution in [3.05, 3.63) is 29.5 Å². The molecule has 0 radical (unpaired) electrons. The van der Waals surface area contributed by atoms with Crippen molar-refractivity contribution in [2.45, 2.75) is 53.1 Å². The van der Waals surface area contributed by atoms with Crippen LogP contribution in [0.15, 0.2) is 22.6 Å². The summed E-state index contributed by atoms with van der Waals surface area (Å²) in [7, 11) is 0. The Hall–Kier alpha value is -1.48. The molecule has 0 spiro atoms. The first kappa shape index (κ1) is 14.9. The van der Waals surface area contributed by atoms with Gasteiger partial charge in [0.1, 0.15) is 17.1 Å². The molecule has 1 aromatic heterocycles. The average Bonchev–Trinajstić information content (AvgIpc) is 2.70. The van der Waals surface area contributed by atoms with Crippen LogP contribution in [0, 0.1) is 6.92 Å². The van der Waals surface area contributed by atoms with Crippen molar-refractivity contribution >= 4 is 11.0 Å². The minimum Gasteiger partial charge on any atom is -0.494 e. The smallest absolute Gasteiger partial charge is 0.134 e. The van der Waals surface area contributed by atoms with Crippen LogP contribution >= 0.6 is 0 Å². The fraction of sp³-hybridized carbons (Fsp3) is 0.529. The Labute approximate surface area is 121 Å². The van der Waals surface area contributed by atoms with E-state index in [1.807, 2.05) is 12.1 Å². The zero-order valence-corrected chi connectivity index (χ0v) is 13.2. The van der Waals surface area contributed by atoms with Gasteiger partial charge in [0, 0.05) is 10.9 Å². The summed E-state index contributed by atoms with van der Waals surface area (Å²) in [6, 6.07) is 6.04. The minimum absolute atomic E-state index is 0.0841. The van der Waals surface area contributed by atoms with Crippen molar-refractivity contribution in [2.24, 2.45) is 0 Å². The molecule has 2 aromatic rings. The van der Waals surface area contributed by atoms with E-state index in [2.05, 4.69) is 46.0 Å². The number of furan rings is 1. The lowest BCUT2D eigenvalue weighted by Gasteiger charge is -2.19. The Morgan fingerprint density at radius 2 is 2.00 bits per heavy atom. The first-order chi connectivity index (χ1) is 9.40. The van der Waals surface area contributed by atoms with Gasteiger partial charge in [-0.2, -0.15) is 0 Å². The van der Waals surface area contributed by atoms with E-state index in [-0.39, 0.29) is 5.54 Å². The molecule has 0 amide bonds. The highest BCUT2D eigenvalue weighted by molar-refractivity contribution is 5.83. The van der Waals surface area contributed by atoms with Gasteiger partial charge in [-0.25, -0.2) is 0 Å². The zero-order valence-electron chi connectivity index (χ0n) is 13.2. The average molecular weight is 275 g/mol. The van der Waals surface area contributed by atoms with E-state index >= 15 is 0 Å². The molecule has 1 N–H and O–H groups in total. The summed E-state index contributed by atoms with van der Waals surface area (Å²) in [5.41, 5.74) is 2.21. The van der Waals surface area contributed by atoms with Crippen LogP contribution in [-0.4, -0.2) is 12.1 Å². The van der Waals surface area contributed by atoms with Gasteiger partial charge in [0.05, 0.1) is 13.2 Å². The highest BCUT2D eigenvalue weighted by Crippen LogP contribution is 2.29. The first-order valence-electron chi connectivity index (χ1n) is 7.30. The maximum Gasteiger partial charge on any atom is 0.134 e. The van der Waals surface area contributed by atoms with Crippen molar-refractivity contribution in [1.29, 1.82) is 0 Å². The van der Waals surface area contributed by atoms with Crippen molar-refractivity contribution in [3.8, 4) is 5.75 Å². The Kier molecular flexibility index (Phi) is 4.39. The monoisotopic (exact) mass is 275 g/mol. The second-order valence-electron chi connectivity index (χ2n) is 6.26. The second-order valence-corrected chi connectivity index (χ2v) is 6.26. The minimum atomic E-state index is 0.0841. The molecule has 1 aromatic carbocycles. The van der Waals surface area contributed by atoms with Crippen molar-refractivity contribution < 1.29 is 9.15 Å². The zero-order chi connectivity index (χ0) is 14.8. The summed E-state index contributed by atoms with van der Waals surface area (Å²) in [6.07, 6.45) is 1.02. The molecule has 0 saturated carbocycles. The van der Waals surface area contributed by atoms with E-state index in [1.54, 1.807) is 0 Å². The molecule has 0 aliphatic heterocycles. The third-order valence-corrected chi connectivity index (χ3v) is 3.26. The molecule has 0 atom stereocenters. The molecular formula is C17H25NO2. The molecular weight excluding hydrogens is 250 g/mol. The molecule has 0 fully saturated rings. The van der Waals surface area contributed by atoms with E-state index in [9.17, 15) is 0 Å². The largest absolute Gasteiger partial charge is 0.494 e. The van der Waals surface area contributed by atoms with Crippen LogP contribution in [0.25, 0.3) is 11.0 Å². The molecule has 1 heterocycles. The molecule has 3 nitrogen and oxygen atoms in total. The molecule has 0 bridgehead atoms. The molecule has 2 rings (SSSR count). The fourth-order valence-corrected chi connectivity index (χ4v) is 2.07. The van der Waals surface area contributed by atoms with Crippen LogP contribution in [-0.2, 0) is 6.54 Å². The summed E-state index contributed by atoms with van der Waals surface area (Å²) in [5, 5.41) is 4.61. The lowest BCUT2D eigenvalue weighted by Crippen LogP contribution is -2.35. The molecule has 0 aliphatic carbocycles. The van der Waals surface area contributed by atoms with E-state index < -0.39 is 0 Å². The number of rotatable bonds is 5. The molecule has 0 saturated heterocycles. The Morgan fingerprint density at radius 1 is 1.25 bits per heavy atom. The SMILES string of the molecule is CCCOc1ccc2oc(CNC(C)(C)C)c(C)c2c1. The Bertz CT molecular complexity index is 578. The van der Waals surface area contributed by atoms with Crippen LogP contribution in [0.1, 0.15) is 45.4 Å². The van der Waals surface area contributed by atoms with Crippen molar-refractivity contribution in [2.75, 3.05) is 6.61 Å². The third-order valence-electron chi connectivity index (χ3n) is 3.26. The van der Waals surface area contributed by atoms with Crippen LogP contribution in [0.3, 0.4) is 0 Å². The normalized spacial score (nSPS) is 12.1. The Balaban J connectivity index is 2.23. The number of fused-ring (bicyclic) bond motifs is 1. The summed E-state index contributed by atoms with van der Waals surface area (Å²) in [6.45, 7) is 12.2. The number of nitrogens with one attached hydrogen (secondary N) is 1. The van der Waals surface area contributed by atoms with Crippen molar-refractivity contribution in [3.63, 3.8) is 0 Å². The van der Waals surface area contributed by atoms with E-state index in [1.165, 1.54) is 5.56 Å². The fourth-order valence-electron chi connectivity index (χ4n) is 2.07. The van der Waals surface area contributed by atoms with E-state index in [0.29, 0.717) is 0 Å². The van der Waals surface area contributed by atoms with Crippen LogP contribution < -0.4 is 10.1 Å². The van der Waals surface area contributed by atoms with Crippen LogP contribution in [0.4, 0.5) is 0 Å². The van der Waals surface area contributed by atoms with Gasteiger partial charge in [0.2, 0.25) is 0 Å². The Morgan fingerprint density at radius 3 is 2.65 bits per heavy atom. The predicted octanol–water partition coefficient (Wildman–Crippen LogP) is 4.42. The van der Waals surface area contributed by atoms with Gasteiger partial charge in [-0.15, -0.1) is 0 Å². The summed E-state index contributed by atoms with van der Waals surface area (Å²) < 4.78 is 11.6. The lowest BCUT2D eigenvalue weighted by molar-refractivity contribution is 0.318. The summed E-state index contributed by atoms with van der Waals surface area (Å²) >= 11 is 0. The molecule has 0 aliphatic rings. The number of benzene rings is 1. The predicted molar refractivity (Wildman–Crippen MR) is 83.3 cm³/mol. The van der Waals surface area contributed by atoms with Crippen molar-refractivity contribution in [1.82, 2.24) is 5.32 Å². The summed E-state index contributed by atoms with van der Waals surface area (Å²) in [5.74, 6) is 1.92. The standard InChI is InChI=1S/C17H25NO2/c1-6-9-19-13-7-8-15-14(10-13)12(2)16(20-15)11-18-17(3,4)5/h7-8,10,18H,6,9,11H2,1-5H3. The van der Waals surface area contributed by atoms with Gasteiger partial charge < -0.3 is 14.5 Å². The van der Waals surface area contributed by atoms with Gasteiger partial charge in [0.15, 0.2) is 0 Å². The van der Waals surface area contributed by atoms with Gasteiger partial charge in [-0.1, -0.05) is 6.92 Å². The first-order valence-corrected chi connectivity index (χ1v) is 7.30. The highest BCUT2D eigenvalue weighted by atomic mass is 16.5.